The summed E-state index contributed by atoms with van der Waals surface area (Å²) in [6, 6.07) is 5.99. The Morgan fingerprint density at radius 1 is 1.28 bits per heavy atom. The second kappa shape index (κ2) is 10.3. The minimum Gasteiger partial charge on any atom is -0.383 e. The van der Waals surface area contributed by atoms with E-state index in [2.05, 4.69) is 4.98 Å². The van der Waals surface area contributed by atoms with Crippen molar-refractivity contribution < 1.29 is 9.53 Å². The predicted octanol–water partition coefficient (Wildman–Crippen LogP) is 1.92. The molecule has 29 heavy (non-hydrogen) atoms. The highest BCUT2D eigenvalue weighted by Crippen LogP contribution is 2.23. The second-order valence-electron chi connectivity index (χ2n) is 6.72. The van der Waals surface area contributed by atoms with Gasteiger partial charge in [0, 0.05) is 25.1 Å². The molecule has 1 aromatic carbocycles. The zero-order chi connectivity index (χ0) is 21.6. The number of hydrogen-bond acceptors (Lipinski definition) is 6. The van der Waals surface area contributed by atoms with E-state index >= 15 is 0 Å². The summed E-state index contributed by atoms with van der Waals surface area (Å²) in [6.45, 7) is 6.67. The van der Waals surface area contributed by atoms with Crippen molar-refractivity contribution in [3.05, 3.63) is 50.2 Å². The number of nitrogens with zero attached hydrogens (tertiary/aromatic N) is 2. The number of benzene rings is 1. The standard InChI is InChI=1S/C20H28N4O4S/c1-5-8-24-18(21)17(19(26)22-20(24)27)23(9-10-28-4)16(25)12-29-15-7-6-13(2)14(3)11-15/h6-7,11H,5,8-10,12,21H2,1-4H3,(H,22,26,27). The third kappa shape index (κ3) is 5.51. The fraction of sp³-hybridized carbons (Fsp3) is 0.450. The zero-order valence-corrected chi connectivity index (χ0v) is 18.1. The van der Waals surface area contributed by atoms with Crippen LogP contribution >= 0.6 is 11.8 Å². The Morgan fingerprint density at radius 2 is 2.00 bits per heavy atom. The Morgan fingerprint density at radius 3 is 2.62 bits per heavy atom. The van der Waals surface area contributed by atoms with Crippen molar-refractivity contribution in [2.45, 2.75) is 38.6 Å². The molecule has 0 radical (unpaired) electrons. The molecule has 1 amide bonds. The first-order valence-electron chi connectivity index (χ1n) is 9.42. The van der Waals surface area contributed by atoms with E-state index in [0.717, 1.165) is 10.5 Å². The molecule has 0 saturated heterocycles. The fourth-order valence-electron chi connectivity index (χ4n) is 2.85. The summed E-state index contributed by atoms with van der Waals surface area (Å²) in [4.78, 5) is 42.1. The number of methoxy groups -OCH3 is 1. The fourth-order valence-corrected chi connectivity index (χ4v) is 3.72. The van der Waals surface area contributed by atoms with Crippen molar-refractivity contribution in [2.24, 2.45) is 0 Å². The van der Waals surface area contributed by atoms with E-state index in [4.69, 9.17) is 10.5 Å². The van der Waals surface area contributed by atoms with Gasteiger partial charge in [0.05, 0.1) is 12.4 Å². The van der Waals surface area contributed by atoms with Crippen LogP contribution in [0.2, 0.25) is 0 Å². The molecule has 0 saturated carbocycles. The molecule has 0 spiro atoms. The number of nitrogens with one attached hydrogen (secondary N) is 1. The van der Waals surface area contributed by atoms with E-state index in [-0.39, 0.29) is 36.3 Å². The van der Waals surface area contributed by atoms with Crippen LogP contribution in [0.15, 0.2) is 32.7 Å². The first-order chi connectivity index (χ1) is 13.8. The van der Waals surface area contributed by atoms with Gasteiger partial charge in [-0.15, -0.1) is 11.8 Å². The van der Waals surface area contributed by atoms with E-state index in [0.29, 0.717) is 13.0 Å². The molecule has 0 aliphatic rings. The van der Waals surface area contributed by atoms with E-state index in [1.54, 1.807) is 0 Å². The summed E-state index contributed by atoms with van der Waals surface area (Å²) >= 11 is 1.38. The minimum atomic E-state index is -0.680. The number of rotatable bonds is 9. The highest BCUT2D eigenvalue weighted by Gasteiger charge is 2.24. The molecule has 8 nitrogen and oxygen atoms in total. The minimum absolute atomic E-state index is 0.0127. The molecular formula is C20H28N4O4S. The van der Waals surface area contributed by atoms with Crippen LogP contribution in [0.4, 0.5) is 11.5 Å². The molecular weight excluding hydrogens is 392 g/mol. The molecule has 3 N–H and O–H groups in total. The maximum atomic E-state index is 13.0. The number of aromatic nitrogens is 2. The quantitative estimate of drug-likeness (QED) is 0.600. The van der Waals surface area contributed by atoms with Gasteiger partial charge in [0.25, 0.3) is 5.56 Å². The van der Waals surface area contributed by atoms with E-state index in [1.807, 2.05) is 39.0 Å². The summed E-state index contributed by atoms with van der Waals surface area (Å²) in [7, 11) is 1.51. The molecule has 1 heterocycles. The number of thioether (sulfide) groups is 1. The number of aromatic amines is 1. The van der Waals surface area contributed by atoms with Gasteiger partial charge in [0.1, 0.15) is 5.82 Å². The number of nitrogen functional groups attached to an aromatic ring is 1. The Bertz CT molecular complexity index is 983. The lowest BCUT2D eigenvalue weighted by molar-refractivity contribution is -0.116. The van der Waals surface area contributed by atoms with Gasteiger partial charge in [-0.3, -0.25) is 19.1 Å². The Hall–Kier alpha value is -2.52. The molecule has 2 rings (SSSR count). The van der Waals surface area contributed by atoms with Gasteiger partial charge in [0.2, 0.25) is 5.91 Å². The van der Waals surface area contributed by atoms with Crippen molar-refractivity contribution in [1.82, 2.24) is 9.55 Å². The molecule has 0 atom stereocenters. The van der Waals surface area contributed by atoms with E-state index in [9.17, 15) is 14.4 Å². The van der Waals surface area contributed by atoms with Crippen molar-refractivity contribution in [1.29, 1.82) is 0 Å². The summed E-state index contributed by atoms with van der Waals surface area (Å²) in [6.07, 6.45) is 0.657. The largest absolute Gasteiger partial charge is 0.383 e. The molecule has 0 aliphatic carbocycles. The number of carbonyl (C=O) groups excluding carboxylic acids is 1. The van der Waals surface area contributed by atoms with Crippen LogP contribution < -0.4 is 21.9 Å². The first kappa shape index (κ1) is 22.8. The van der Waals surface area contributed by atoms with Crippen molar-refractivity contribution in [3.8, 4) is 0 Å². The van der Waals surface area contributed by atoms with Gasteiger partial charge in [0.15, 0.2) is 5.69 Å². The van der Waals surface area contributed by atoms with Gasteiger partial charge >= 0.3 is 5.69 Å². The molecule has 1 aromatic heterocycles. The number of anilines is 2. The lowest BCUT2D eigenvalue weighted by atomic mass is 10.1. The first-order valence-corrected chi connectivity index (χ1v) is 10.4. The summed E-state index contributed by atoms with van der Waals surface area (Å²) < 4.78 is 6.37. The Kier molecular flexibility index (Phi) is 8.10. The van der Waals surface area contributed by atoms with Gasteiger partial charge < -0.3 is 15.4 Å². The maximum Gasteiger partial charge on any atom is 0.330 e. The number of aryl methyl sites for hydroxylation is 2. The Balaban J connectivity index is 2.34. The van der Waals surface area contributed by atoms with Crippen molar-refractivity contribution in [3.63, 3.8) is 0 Å². The summed E-state index contributed by atoms with van der Waals surface area (Å²) in [5.74, 6) is -0.178. The van der Waals surface area contributed by atoms with E-state index in [1.165, 1.54) is 33.9 Å². The van der Waals surface area contributed by atoms with Crippen LogP contribution in [0, 0.1) is 13.8 Å². The van der Waals surface area contributed by atoms with Crippen LogP contribution in [-0.2, 0) is 16.1 Å². The normalized spacial score (nSPS) is 10.9. The molecule has 0 aliphatic heterocycles. The zero-order valence-electron chi connectivity index (χ0n) is 17.3. The molecule has 158 valence electrons. The lowest BCUT2D eigenvalue weighted by Crippen LogP contribution is -2.43. The average Bonchev–Trinajstić information content (AvgIpc) is 2.68. The molecule has 0 fully saturated rings. The van der Waals surface area contributed by atoms with Crippen LogP contribution in [0.3, 0.4) is 0 Å². The molecule has 0 bridgehead atoms. The third-order valence-corrected chi connectivity index (χ3v) is 5.57. The smallest absolute Gasteiger partial charge is 0.330 e. The monoisotopic (exact) mass is 420 g/mol. The van der Waals surface area contributed by atoms with Gasteiger partial charge in [-0.2, -0.15) is 0 Å². The number of hydrogen-bond donors (Lipinski definition) is 2. The van der Waals surface area contributed by atoms with Crippen molar-refractivity contribution in [2.75, 3.05) is 36.6 Å². The third-order valence-electron chi connectivity index (χ3n) is 4.59. The molecule has 9 heteroatoms. The number of nitrogens with two attached hydrogens (primary N) is 1. The average molecular weight is 421 g/mol. The molecule has 2 aromatic rings. The predicted molar refractivity (Wildman–Crippen MR) is 117 cm³/mol. The maximum absolute atomic E-state index is 13.0. The van der Waals surface area contributed by atoms with Crippen LogP contribution in [-0.4, -0.2) is 41.5 Å². The van der Waals surface area contributed by atoms with Crippen LogP contribution in [0.5, 0.6) is 0 Å². The highest BCUT2D eigenvalue weighted by atomic mass is 32.2. The SMILES string of the molecule is CCCn1c(N)c(N(CCOC)C(=O)CSc2ccc(C)c(C)c2)c(=O)[nH]c1=O. The number of amides is 1. The van der Waals surface area contributed by atoms with Crippen LogP contribution in [0.25, 0.3) is 0 Å². The van der Waals surface area contributed by atoms with Crippen molar-refractivity contribution >= 4 is 29.2 Å². The number of ether oxygens (including phenoxy) is 1. The topological polar surface area (TPSA) is 110 Å². The van der Waals surface area contributed by atoms with Gasteiger partial charge in [-0.25, -0.2) is 4.79 Å². The number of H-pyrrole nitrogens is 1. The summed E-state index contributed by atoms with van der Waals surface area (Å²) in [5.41, 5.74) is 7.18. The highest BCUT2D eigenvalue weighted by molar-refractivity contribution is 8.00. The lowest BCUT2D eigenvalue weighted by Gasteiger charge is -2.24. The second-order valence-corrected chi connectivity index (χ2v) is 7.77. The van der Waals surface area contributed by atoms with Gasteiger partial charge in [-0.1, -0.05) is 13.0 Å². The summed E-state index contributed by atoms with van der Waals surface area (Å²) in [5, 5.41) is 0. The van der Waals surface area contributed by atoms with Gasteiger partial charge in [-0.05, 0) is 43.5 Å². The Labute approximate surface area is 174 Å². The van der Waals surface area contributed by atoms with Crippen LogP contribution in [0.1, 0.15) is 24.5 Å². The molecule has 0 unspecified atom stereocenters. The number of carbonyl (C=O) groups is 1. The van der Waals surface area contributed by atoms with E-state index < -0.39 is 11.2 Å².